The number of methoxy groups -OCH3 is 1. The molecule has 0 aliphatic carbocycles. The standard InChI is InChI=1S/C11H15N5O3S2/c1-19-7-6-12-10(20)14-15-11(21)13-8-2-4-9(5-3-8)16(17)18/h2-5H,6-7H2,1H3,(H2,12,14,20)(H2,13,15,21). The number of hydrogen-bond donors (Lipinski definition) is 4. The minimum absolute atomic E-state index is 0.0149. The normalized spacial score (nSPS) is 9.57. The zero-order valence-corrected chi connectivity index (χ0v) is 12.8. The second kappa shape index (κ2) is 9.00. The third-order valence-corrected chi connectivity index (χ3v) is 2.67. The number of benzene rings is 1. The highest BCUT2D eigenvalue weighted by Gasteiger charge is 2.04. The summed E-state index contributed by atoms with van der Waals surface area (Å²) in [6.07, 6.45) is 0. The van der Waals surface area contributed by atoms with Crippen molar-refractivity contribution in [2.75, 3.05) is 25.6 Å². The molecule has 10 heteroatoms. The Labute approximate surface area is 132 Å². The molecule has 0 aromatic heterocycles. The van der Waals surface area contributed by atoms with Crippen LogP contribution >= 0.6 is 24.4 Å². The van der Waals surface area contributed by atoms with E-state index in [1.54, 1.807) is 19.2 Å². The van der Waals surface area contributed by atoms with Gasteiger partial charge in [-0.3, -0.25) is 21.0 Å². The van der Waals surface area contributed by atoms with Crippen LogP contribution < -0.4 is 21.5 Å². The predicted molar refractivity (Wildman–Crippen MR) is 88.1 cm³/mol. The van der Waals surface area contributed by atoms with E-state index in [0.717, 1.165) is 0 Å². The van der Waals surface area contributed by atoms with Crippen LogP contribution in [0.2, 0.25) is 0 Å². The largest absolute Gasteiger partial charge is 0.383 e. The Balaban J connectivity index is 2.33. The van der Waals surface area contributed by atoms with Crippen molar-refractivity contribution in [3.63, 3.8) is 0 Å². The highest BCUT2D eigenvalue weighted by molar-refractivity contribution is 7.80. The number of ether oxygens (including phenoxy) is 1. The second-order valence-corrected chi connectivity index (χ2v) is 4.57. The number of nitro groups is 1. The lowest BCUT2D eigenvalue weighted by molar-refractivity contribution is -0.384. The summed E-state index contributed by atoms with van der Waals surface area (Å²) in [5.74, 6) is 0. The summed E-state index contributed by atoms with van der Waals surface area (Å²) in [5, 5.41) is 16.9. The average Bonchev–Trinajstić information content (AvgIpc) is 2.46. The summed E-state index contributed by atoms with van der Waals surface area (Å²) in [6.45, 7) is 1.11. The first kappa shape index (κ1) is 17.0. The molecule has 4 N–H and O–H groups in total. The van der Waals surface area contributed by atoms with E-state index in [4.69, 9.17) is 29.2 Å². The fourth-order valence-corrected chi connectivity index (χ4v) is 1.58. The van der Waals surface area contributed by atoms with Gasteiger partial charge in [-0.15, -0.1) is 0 Å². The van der Waals surface area contributed by atoms with Crippen molar-refractivity contribution >= 4 is 46.0 Å². The summed E-state index contributed by atoms with van der Waals surface area (Å²) in [5.41, 5.74) is 6.02. The van der Waals surface area contributed by atoms with E-state index in [1.165, 1.54) is 12.1 Å². The molecule has 1 rings (SSSR count). The van der Waals surface area contributed by atoms with E-state index in [-0.39, 0.29) is 10.8 Å². The molecule has 0 aliphatic heterocycles. The van der Waals surface area contributed by atoms with Gasteiger partial charge in [0.2, 0.25) is 0 Å². The molecule has 0 spiro atoms. The van der Waals surface area contributed by atoms with Gasteiger partial charge in [-0.05, 0) is 36.6 Å². The number of rotatable bonds is 5. The topological polar surface area (TPSA) is 100 Å². The molecule has 0 unspecified atom stereocenters. The lowest BCUT2D eigenvalue weighted by atomic mass is 10.3. The predicted octanol–water partition coefficient (Wildman–Crippen LogP) is 0.907. The Hall–Kier alpha value is -2.04. The van der Waals surface area contributed by atoms with E-state index < -0.39 is 4.92 Å². The van der Waals surface area contributed by atoms with Crippen molar-refractivity contribution in [2.45, 2.75) is 0 Å². The molecular formula is C11H15N5O3S2. The Kier molecular flexibility index (Phi) is 7.29. The molecule has 0 atom stereocenters. The van der Waals surface area contributed by atoms with Crippen molar-refractivity contribution in [1.29, 1.82) is 0 Å². The molecule has 8 nitrogen and oxygen atoms in total. The first-order chi connectivity index (χ1) is 10.0. The highest BCUT2D eigenvalue weighted by Crippen LogP contribution is 2.14. The fraction of sp³-hybridized carbons (Fsp3) is 0.273. The van der Waals surface area contributed by atoms with Crippen LogP contribution in [0.1, 0.15) is 0 Å². The molecule has 0 saturated heterocycles. The van der Waals surface area contributed by atoms with Gasteiger partial charge in [0.1, 0.15) is 0 Å². The monoisotopic (exact) mass is 329 g/mol. The molecular weight excluding hydrogens is 314 g/mol. The SMILES string of the molecule is COCCNC(=S)NNC(=S)Nc1ccc([N+](=O)[O-])cc1. The van der Waals surface area contributed by atoms with E-state index in [9.17, 15) is 10.1 Å². The summed E-state index contributed by atoms with van der Waals surface area (Å²) in [4.78, 5) is 10.1. The van der Waals surface area contributed by atoms with Crippen molar-refractivity contribution in [3.8, 4) is 0 Å². The maximum Gasteiger partial charge on any atom is 0.269 e. The van der Waals surface area contributed by atoms with Gasteiger partial charge in [-0.2, -0.15) is 0 Å². The van der Waals surface area contributed by atoms with Crippen molar-refractivity contribution in [1.82, 2.24) is 16.2 Å². The molecule has 0 heterocycles. The number of hydrogen-bond acceptors (Lipinski definition) is 5. The van der Waals surface area contributed by atoms with Crippen LogP contribution in [0.3, 0.4) is 0 Å². The summed E-state index contributed by atoms with van der Waals surface area (Å²) < 4.78 is 4.87. The molecule has 114 valence electrons. The summed E-state index contributed by atoms with van der Waals surface area (Å²) in [7, 11) is 1.60. The molecule has 21 heavy (non-hydrogen) atoms. The van der Waals surface area contributed by atoms with Gasteiger partial charge in [0.25, 0.3) is 5.69 Å². The van der Waals surface area contributed by atoms with Crippen LogP contribution in [0.15, 0.2) is 24.3 Å². The van der Waals surface area contributed by atoms with Gasteiger partial charge in [0, 0.05) is 31.5 Å². The fourth-order valence-electron chi connectivity index (χ4n) is 1.25. The first-order valence-electron chi connectivity index (χ1n) is 5.87. The van der Waals surface area contributed by atoms with Crippen molar-refractivity contribution < 1.29 is 9.66 Å². The number of hydrazine groups is 1. The Bertz CT molecular complexity index is 509. The van der Waals surface area contributed by atoms with Gasteiger partial charge in [0.05, 0.1) is 11.5 Å². The number of anilines is 1. The van der Waals surface area contributed by atoms with Gasteiger partial charge in [0.15, 0.2) is 10.2 Å². The molecule has 0 amide bonds. The lowest BCUT2D eigenvalue weighted by Crippen LogP contribution is -2.48. The zero-order valence-electron chi connectivity index (χ0n) is 11.2. The van der Waals surface area contributed by atoms with E-state index in [1.807, 2.05) is 0 Å². The maximum absolute atomic E-state index is 10.5. The summed E-state index contributed by atoms with van der Waals surface area (Å²) in [6, 6.07) is 5.88. The first-order valence-corrected chi connectivity index (χ1v) is 6.69. The number of nitro benzene ring substituents is 1. The van der Waals surface area contributed by atoms with Crippen LogP contribution in [0.5, 0.6) is 0 Å². The van der Waals surface area contributed by atoms with E-state index >= 15 is 0 Å². The van der Waals surface area contributed by atoms with Crippen molar-refractivity contribution in [2.24, 2.45) is 0 Å². The second-order valence-electron chi connectivity index (χ2n) is 3.76. The number of non-ortho nitro benzene ring substituents is 1. The number of nitrogens with zero attached hydrogens (tertiary/aromatic N) is 1. The van der Waals surface area contributed by atoms with Crippen LogP contribution in [-0.4, -0.2) is 35.4 Å². The lowest BCUT2D eigenvalue weighted by Gasteiger charge is -2.14. The number of nitrogens with one attached hydrogen (secondary N) is 4. The van der Waals surface area contributed by atoms with Gasteiger partial charge >= 0.3 is 0 Å². The minimum atomic E-state index is -0.466. The summed E-state index contributed by atoms with van der Waals surface area (Å²) >= 11 is 10.0. The Morgan fingerprint density at radius 3 is 2.43 bits per heavy atom. The van der Waals surface area contributed by atoms with Crippen molar-refractivity contribution in [3.05, 3.63) is 34.4 Å². The van der Waals surface area contributed by atoms with Gasteiger partial charge in [-0.25, -0.2) is 0 Å². The average molecular weight is 329 g/mol. The molecule has 0 radical (unpaired) electrons. The molecule has 1 aromatic carbocycles. The third kappa shape index (κ3) is 6.79. The van der Waals surface area contributed by atoms with Gasteiger partial charge in [-0.1, -0.05) is 0 Å². The Morgan fingerprint density at radius 2 is 1.86 bits per heavy atom. The molecule has 0 bridgehead atoms. The van der Waals surface area contributed by atoms with Crippen LogP contribution in [-0.2, 0) is 4.74 Å². The van der Waals surface area contributed by atoms with Crippen LogP contribution in [0.4, 0.5) is 11.4 Å². The molecule has 0 fully saturated rings. The van der Waals surface area contributed by atoms with E-state index in [0.29, 0.717) is 24.0 Å². The minimum Gasteiger partial charge on any atom is -0.383 e. The molecule has 0 saturated carbocycles. The van der Waals surface area contributed by atoms with Gasteiger partial charge < -0.3 is 15.4 Å². The Morgan fingerprint density at radius 1 is 1.24 bits per heavy atom. The maximum atomic E-state index is 10.5. The number of thiocarbonyl (C=S) groups is 2. The van der Waals surface area contributed by atoms with Crippen LogP contribution in [0, 0.1) is 10.1 Å². The smallest absolute Gasteiger partial charge is 0.269 e. The molecule has 1 aromatic rings. The third-order valence-electron chi connectivity index (χ3n) is 2.22. The highest BCUT2D eigenvalue weighted by atomic mass is 32.1. The quantitative estimate of drug-likeness (QED) is 0.272. The zero-order chi connectivity index (χ0) is 15.7. The van der Waals surface area contributed by atoms with E-state index in [2.05, 4.69) is 21.5 Å². The molecule has 0 aliphatic rings. The van der Waals surface area contributed by atoms with Crippen LogP contribution in [0.25, 0.3) is 0 Å².